The van der Waals surface area contributed by atoms with E-state index in [1.165, 1.54) is 3.57 Å². The Morgan fingerprint density at radius 1 is 1.35 bits per heavy atom. The van der Waals surface area contributed by atoms with Crippen LogP contribution in [0.3, 0.4) is 0 Å². The third-order valence-corrected chi connectivity index (χ3v) is 4.21. The molecule has 3 nitrogen and oxygen atoms in total. The highest BCUT2D eigenvalue weighted by atomic mass is 127. The van der Waals surface area contributed by atoms with Crippen LogP contribution in [0.4, 0.5) is 0 Å². The van der Waals surface area contributed by atoms with Crippen molar-refractivity contribution >= 4 is 47.4 Å². The number of nitrogens with one attached hydrogen (secondary N) is 1. The summed E-state index contributed by atoms with van der Waals surface area (Å²) in [5.74, 6) is 1.01. The summed E-state index contributed by atoms with van der Waals surface area (Å²) < 4.78 is 7.00. The molecule has 1 N–H and O–H groups in total. The van der Waals surface area contributed by atoms with E-state index >= 15 is 0 Å². The number of piperazine rings is 1. The minimum atomic E-state index is 0. The average molecular weight is 433 g/mol. The van der Waals surface area contributed by atoms with E-state index in [2.05, 4.69) is 45.8 Å². The second-order valence-corrected chi connectivity index (χ2v) is 5.88. The number of hydrogen-bond donors (Lipinski definition) is 1. The summed E-state index contributed by atoms with van der Waals surface area (Å²) in [5, 5.41) is 3.41. The Morgan fingerprint density at radius 2 is 2.10 bits per heavy atom. The maximum Gasteiger partial charge on any atom is 0.132 e. The minimum absolute atomic E-state index is 0. The van der Waals surface area contributed by atoms with Gasteiger partial charge in [-0.3, -0.25) is 4.90 Å². The molecule has 0 aromatic heterocycles. The van der Waals surface area contributed by atoms with Crippen molar-refractivity contribution in [2.45, 2.75) is 19.4 Å². The predicted octanol–water partition coefficient (Wildman–Crippen LogP) is 3.20. The third-order valence-electron chi connectivity index (χ3n) is 3.32. The zero-order valence-electron chi connectivity index (χ0n) is 11.7. The molecule has 1 fully saturated rings. The summed E-state index contributed by atoms with van der Waals surface area (Å²) in [7, 11) is 0. The van der Waals surface area contributed by atoms with Crippen LogP contribution in [0, 0.1) is 3.57 Å². The first kappa shape index (κ1) is 20.2. The molecule has 1 aliphatic heterocycles. The highest BCUT2D eigenvalue weighted by molar-refractivity contribution is 14.1. The van der Waals surface area contributed by atoms with Gasteiger partial charge in [0.15, 0.2) is 0 Å². The molecular weight excluding hydrogens is 410 g/mol. The van der Waals surface area contributed by atoms with E-state index in [9.17, 15) is 0 Å². The molecule has 0 aliphatic carbocycles. The van der Waals surface area contributed by atoms with Crippen molar-refractivity contribution in [3.63, 3.8) is 0 Å². The van der Waals surface area contributed by atoms with Crippen molar-refractivity contribution in [3.05, 3.63) is 27.8 Å². The van der Waals surface area contributed by atoms with Crippen molar-refractivity contribution in [1.29, 1.82) is 0 Å². The van der Waals surface area contributed by atoms with Gasteiger partial charge in [0.25, 0.3) is 0 Å². The van der Waals surface area contributed by atoms with Gasteiger partial charge >= 0.3 is 0 Å². The lowest BCUT2D eigenvalue weighted by atomic mass is 10.2. The number of hydrogen-bond acceptors (Lipinski definition) is 3. The molecule has 1 heterocycles. The second kappa shape index (κ2) is 10.9. The number of ether oxygens (including phenoxy) is 1. The van der Waals surface area contributed by atoms with E-state index < -0.39 is 0 Å². The lowest BCUT2D eigenvalue weighted by Gasteiger charge is -2.33. The summed E-state index contributed by atoms with van der Waals surface area (Å²) in [6.45, 7) is 7.60. The maximum atomic E-state index is 5.81. The number of para-hydroxylation sites is 1. The Bertz CT molecular complexity index is 382. The SMILES string of the molecule is C[C@H]1CNCCN1CCCOc1ccccc1I.Cl.Cl. The number of benzene rings is 1. The van der Waals surface area contributed by atoms with E-state index in [4.69, 9.17) is 4.74 Å². The van der Waals surface area contributed by atoms with Gasteiger partial charge < -0.3 is 10.1 Å². The van der Waals surface area contributed by atoms with E-state index in [-0.39, 0.29) is 24.8 Å². The maximum absolute atomic E-state index is 5.81. The lowest BCUT2D eigenvalue weighted by Crippen LogP contribution is -2.50. The molecule has 0 radical (unpaired) electrons. The van der Waals surface area contributed by atoms with Crippen molar-refractivity contribution < 1.29 is 4.74 Å². The van der Waals surface area contributed by atoms with Gasteiger partial charge in [0.05, 0.1) is 10.2 Å². The molecule has 1 aromatic rings. The first-order chi connectivity index (χ1) is 8.77. The Hall–Kier alpha value is 0.250. The fraction of sp³-hybridized carbons (Fsp3) is 0.571. The van der Waals surface area contributed by atoms with Crippen LogP contribution in [-0.2, 0) is 0 Å². The van der Waals surface area contributed by atoms with E-state index in [0.717, 1.165) is 45.0 Å². The van der Waals surface area contributed by atoms with E-state index in [1.807, 2.05) is 18.2 Å². The summed E-state index contributed by atoms with van der Waals surface area (Å²) >= 11 is 2.31. The van der Waals surface area contributed by atoms with Gasteiger partial charge in [-0.1, -0.05) is 12.1 Å². The van der Waals surface area contributed by atoms with Crippen LogP contribution in [0.15, 0.2) is 24.3 Å². The average Bonchev–Trinajstić information content (AvgIpc) is 2.38. The molecule has 0 saturated carbocycles. The van der Waals surface area contributed by atoms with Gasteiger partial charge in [0.1, 0.15) is 5.75 Å². The summed E-state index contributed by atoms with van der Waals surface area (Å²) in [6, 6.07) is 8.83. The van der Waals surface area contributed by atoms with E-state index in [0.29, 0.717) is 6.04 Å². The molecule has 1 aromatic carbocycles. The topological polar surface area (TPSA) is 24.5 Å². The summed E-state index contributed by atoms with van der Waals surface area (Å²) in [6.07, 6.45) is 1.09. The zero-order valence-corrected chi connectivity index (χ0v) is 15.5. The van der Waals surface area contributed by atoms with Gasteiger partial charge in [0.2, 0.25) is 0 Å². The Labute approximate surface area is 147 Å². The fourth-order valence-electron chi connectivity index (χ4n) is 2.23. The number of nitrogens with zero attached hydrogens (tertiary/aromatic N) is 1. The Kier molecular flexibility index (Phi) is 11.0. The zero-order chi connectivity index (χ0) is 12.8. The minimum Gasteiger partial charge on any atom is -0.492 e. The smallest absolute Gasteiger partial charge is 0.132 e. The van der Waals surface area contributed by atoms with Crippen LogP contribution in [-0.4, -0.2) is 43.7 Å². The quantitative estimate of drug-likeness (QED) is 0.571. The molecule has 2 rings (SSSR count). The molecule has 1 atom stereocenters. The molecule has 1 aliphatic rings. The highest BCUT2D eigenvalue weighted by Crippen LogP contribution is 2.19. The first-order valence-corrected chi connectivity index (χ1v) is 7.67. The second-order valence-electron chi connectivity index (χ2n) is 4.72. The van der Waals surface area contributed by atoms with Crippen LogP contribution < -0.4 is 10.1 Å². The molecule has 0 bridgehead atoms. The number of halogens is 3. The van der Waals surface area contributed by atoms with Crippen molar-refractivity contribution in [2.24, 2.45) is 0 Å². The molecular formula is C14H23Cl2IN2O. The lowest BCUT2D eigenvalue weighted by molar-refractivity contribution is 0.160. The van der Waals surface area contributed by atoms with Crippen LogP contribution in [0.1, 0.15) is 13.3 Å². The third kappa shape index (κ3) is 6.35. The number of rotatable bonds is 5. The van der Waals surface area contributed by atoms with Crippen molar-refractivity contribution in [1.82, 2.24) is 10.2 Å². The van der Waals surface area contributed by atoms with Crippen LogP contribution in [0.25, 0.3) is 0 Å². The Morgan fingerprint density at radius 3 is 2.80 bits per heavy atom. The summed E-state index contributed by atoms with van der Waals surface area (Å²) in [4.78, 5) is 2.54. The largest absolute Gasteiger partial charge is 0.492 e. The first-order valence-electron chi connectivity index (χ1n) is 6.59. The van der Waals surface area contributed by atoms with Crippen LogP contribution in [0.5, 0.6) is 5.75 Å². The Balaban J connectivity index is 0.00000180. The normalized spacial score (nSPS) is 18.8. The standard InChI is InChI=1S/C14H21IN2O.2ClH/c1-12-11-16-7-9-17(12)8-4-10-18-14-6-3-2-5-13(14)15;;/h2-3,5-6,12,16H,4,7-11H2,1H3;2*1H/t12-;;/m0../s1. The summed E-state index contributed by atoms with van der Waals surface area (Å²) in [5.41, 5.74) is 0. The van der Waals surface area contributed by atoms with Gasteiger partial charge in [-0.25, -0.2) is 0 Å². The molecule has 116 valence electrons. The van der Waals surface area contributed by atoms with Gasteiger partial charge in [-0.05, 0) is 48.1 Å². The molecule has 1 saturated heterocycles. The van der Waals surface area contributed by atoms with Crippen LogP contribution in [0.2, 0.25) is 0 Å². The molecule has 6 heteroatoms. The van der Waals surface area contributed by atoms with Gasteiger partial charge in [-0.2, -0.15) is 0 Å². The highest BCUT2D eigenvalue weighted by Gasteiger charge is 2.16. The molecule has 0 spiro atoms. The van der Waals surface area contributed by atoms with Gasteiger partial charge in [0, 0.05) is 32.2 Å². The van der Waals surface area contributed by atoms with E-state index in [1.54, 1.807) is 0 Å². The molecule has 0 amide bonds. The molecule has 20 heavy (non-hydrogen) atoms. The monoisotopic (exact) mass is 432 g/mol. The van der Waals surface area contributed by atoms with Gasteiger partial charge in [-0.15, -0.1) is 24.8 Å². The van der Waals surface area contributed by atoms with Crippen molar-refractivity contribution in [2.75, 3.05) is 32.8 Å². The fourth-order valence-corrected chi connectivity index (χ4v) is 2.77. The predicted molar refractivity (Wildman–Crippen MR) is 97.7 cm³/mol. The van der Waals surface area contributed by atoms with Crippen molar-refractivity contribution in [3.8, 4) is 5.75 Å². The van der Waals surface area contributed by atoms with Crippen LogP contribution >= 0.6 is 47.4 Å². The molecule has 0 unspecified atom stereocenters.